The Morgan fingerprint density at radius 3 is 2.93 bits per heavy atom. The van der Waals surface area contributed by atoms with Crippen molar-refractivity contribution in [3.63, 3.8) is 0 Å². The lowest BCUT2D eigenvalue weighted by atomic mass is 10.0. The van der Waals surface area contributed by atoms with E-state index in [4.69, 9.17) is 0 Å². The third-order valence-electron chi connectivity index (χ3n) is 2.86. The molecule has 0 aliphatic carbocycles. The molecule has 2 heteroatoms. The second kappa shape index (κ2) is 4.99. The summed E-state index contributed by atoms with van der Waals surface area (Å²) < 4.78 is 0. The molecular formula is C12H18N2. The van der Waals surface area contributed by atoms with E-state index in [0.717, 1.165) is 13.0 Å². The van der Waals surface area contributed by atoms with E-state index in [1.807, 2.05) is 12.4 Å². The highest BCUT2D eigenvalue weighted by Gasteiger charge is 2.07. The fourth-order valence-corrected chi connectivity index (χ4v) is 2.02. The summed E-state index contributed by atoms with van der Waals surface area (Å²) in [5.41, 5.74) is 2.88. The molecule has 0 amide bonds. The van der Waals surface area contributed by atoms with E-state index in [1.165, 1.54) is 43.4 Å². The zero-order chi connectivity index (χ0) is 9.64. The standard InChI is InChI=1S/C12H18N2/c1-2-4-8-14-12(5-3-1)11-6-9-13-10-7-11/h6,9-10,14H,1-5,7-8H2. The van der Waals surface area contributed by atoms with Crippen molar-refractivity contribution in [3.8, 4) is 0 Å². The van der Waals surface area contributed by atoms with Crippen molar-refractivity contribution < 1.29 is 0 Å². The number of hydrogen-bond donors (Lipinski definition) is 1. The van der Waals surface area contributed by atoms with Gasteiger partial charge in [0.25, 0.3) is 0 Å². The molecule has 2 aliphatic rings. The minimum atomic E-state index is 0.999. The Bertz CT molecular complexity index is 264. The third kappa shape index (κ3) is 2.47. The van der Waals surface area contributed by atoms with Crippen LogP contribution in [0.4, 0.5) is 0 Å². The normalized spacial score (nSPS) is 28.0. The maximum atomic E-state index is 4.10. The first-order chi connectivity index (χ1) is 6.97. The van der Waals surface area contributed by atoms with Crippen LogP contribution < -0.4 is 5.32 Å². The van der Waals surface area contributed by atoms with E-state index in [2.05, 4.69) is 16.4 Å². The number of aliphatic imine (C=N–C) groups is 1. The molecular weight excluding hydrogens is 172 g/mol. The van der Waals surface area contributed by atoms with Crippen LogP contribution in [0.3, 0.4) is 0 Å². The largest absolute Gasteiger partial charge is 0.388 e. The maximum absolute atomic E-state index is 4.10. The Hall–Kier alpha value is -1.05. The lowest BCUT2D eigenvalue weighted by Crippen LogP contribution is -2.19. The van der Waals surface area contributed by atoms with Crippen molar-refractivity contribution >= 4 is 6.21 Å². The van der Waals surface area contributed by atoms with Crippen LogP contribution in [0.2, 0.25) is 0 Å². The van der Waals surface area contributed by atoms with Gasteiger partial charge in [0.2, 0.25) is 0 Å². The number of allylic oxidation sites excluding steroid dienone is 3. The van der Waals surface area contributed by atoms with Crippen LogP contribution in [0, 0.1) is 0 Å². The van der Waals surface area contributed by atoms with Gasteiger partial charge in [-0.1, -0.05) is 12.8 Å². The van der Waals surface area contributed by atoms with E-state index in [0.29, 0.717) is 0 Å². The molecule has 0 saturated carbocycles. The first-order valence-corrected chi connectivity index (χ1v) is 5.61. The highest BCUT2D eigenvalue weighted by atomic mass is 14.9. The van der Waals surface area contributed by atoms with E-state index < -0.39 is 0 Å². The molecule has 0 radical (unpaired) electrons. The summed E-state index contributed by atoms with van der Waals surface area (Å²) in [7, 11) is 0. The van der Waals surface area contributed by atoms with E-state index in [9.17, 15) is 0 Å². The molecule has 1 saturated heterocycles. The number of rotatable bonds is 0. The quantitative estimate of drug-likeness (QED) is 0.624. The van der Waals surface area contributed by atoms with Crippen LogP contribution in [-0.2, 0) is 0 Å². The number of nitrogens with one attached hydrogen (secondary N) is 1. The Morgan fingerprint density at radius 2 is 2.07 bits per heavy atom. The lowest BCUT2D eigenvalue weighted by Gasteiger charge is -2.18. The molecule has 0 aromatic rings. The van der Waals surface area contributed by atoms with Gasteiger partial charge in [0.15, 0.2) is 0 Å². The molecule has 2 heterocycles. The molecule has 0 aromatic heterocycles. The van der Waals surface area contributed by atoms with Crippen molar-refractivity contribution in [2.24, 2.45) is 4.99 Å². The number of nitrogens with zero attached hydrogens (tertiary/aromatic N) is 1. The van der Waals surface area contributed by atoms with Crippen molar-refractivity contribution in [3.05, 3.63) is 23.5 Å². The molecule has 0 atom stereocenters. The minimum absolute atomic E-state index is 0.999. The van der Waals surface area contributed by atoms with Crippen LogP contribution in [0.5, 0.6) is 0 Å². The zero-order valence-electron chi connectivity index (χ0n) is 8.63. The monoisotopic (exact) mass is 190 g/mol. The van der Waals surface area contributed by atoms with E-state index >= 15 is 0 Å². The average molecular weight is 190 g/mol. The summed E-state index contributed by atoms with van der Waals surface area (Å²) in [6.45, 7) is 1.14. The highest BCUT2D eigenvalue weighted by molar-refractivity contribution is 5.65. The molecule has 2 rings (SSSR count). The van der Waals surface area contributed by atoms with Gasteiger partial charge in [-0.05, 0) is 30.9 Å². The molecule has 0 spiro atoms. The predicted molar refractivity (Wildman–Crippen MR) is 60.4 cm³/mol. The molecule has 1 N–H and O–H groups in total. The molecule has 14 heavy (non-hydrogen) atoms. The summed E-state index contributed by atoms with van der Waals surface area (Å²) in [6, 6.07) is 0. The fraction of sp³-hybridized carbons (Fsp3) is 0.583. The average Bonchev–Trinajstić information content (AvgIpc) is 2.18. The second-order valence-corrected chi connectivity index (χ2v) is 3.95. The number of hydrogen-bond acceptors (Lipinski definition) is 2. The topological polar surface area (TPSA) is 24.4 Å². The summed E-state index contributed by atoms with van der Waals surface area (Å²) in [5, 5.41) is 3.56. The lowest BCUT2D eigenvalue weighted by molar-refractivity contribution is 0.560. The van der Waals surface area contributed by atoms with Gasteiger partial charge in [0.05, 0.1) is 0 Å². The van der Waals surface area contributed by atoms with Crippen molar-refractivity contribution in [1.82, 2.24) is 5.32 Å². The molecule has 1 fully saturated rings. The van der Waals surface area contributed by atoms with Gasteiger partial charge in [0.1, 0.15) is 0 Å². The van der Waals surface area contributed by atoms with Crippen molar-refractivity contribution in [2.75, 3.05) is 6.54 Å². The Balaban J connectivity index is 2.05. The van der Waals surface area contributed by atoms with E-state index in [-0.39, 0.29) is 0 Å². The predicted octanol–water partition coefficient (Wildman–Crippen LogP) is 2.78. The third-order valence-corrected chi connectivity index (χ3v) is 2.86. The van der Waals surface area contributed by atoms with Gasteiger partial charge in [-0.15, -0.1) is 0 Å². The zero-order valence-corrected chi connectivity index (χ0v) is 8.63. The van der Waals surface area contributed by atoms with Crippen LogP contribution in [-0.4, -0.2) is 12.8 Å². The van der Waals surface area contributed by atoms with Crippen LogP contribution in [0.25, 0.3) is 0 Å². The van der Waals surface area contributed by atoms with Crippen molar-refractivity contribution in [1.29, 1.82) is 0 Å². The molecule has 2 aliphatic heterocycles. The van der Waals surface area contributed by atoms with E-state index in [1.54, 1.807) is 0 Å². The SMILES string of the molecule is C1=CC(=C2CCCCCCN2)CC=N1. The van der Waals surface area contributed by atoms with Gasteiger partial charge < -0.3 is 5.32 Å². The Morgan fingerprint density at radius 1 is 1.14 bits per heavy atom. The van der Waals surface area contributed by atoms with Crippen molar-refractivity contribution in [2.45, 2.75) is 38.5 Å². The summed E-state index contributed by atoms with van der Waals surface area (Å²) in [6.07, 6.45) is 13.7. The molecule has 76 valence electrons. The molecule has 2 nitrogen and oxygen atoms in total. The maximum Gasteiger partial charge on any atom is 0.0267 e. The van der Waals surface area contributed by atoms with Crippen LogP contribution in [0.15, 0.2) is 28.5 Å². The summed E-state index contributed by atoms with van der Waals surface area (Å²) in [5.74, 6) is 0. The Labute approximate surface area is 85.8 Å². The molecule has 0 aromatic carbocycles. The smallest absolute Gasteiger partial charge is 0.0267 e. The van der Waals surface area contributed by atoms with Gasteiger partial charge in [-0.3, -0.25) is 4.99 Å². The highest BCUT2D eigenvalue weighted by Crippen LogP contribution is 2.18. The van der Waals surface area contributed by atoms with Gasteiger partial charge in [-0.25, -0.2) is 0 Å². The fourth-order valence-electron chi connectivity index (χ4n) is 2.02. The minimum Gasteiger partial charge on any atom is -0.388 e. The Kier molecular flexibility index (Phi) is 3.39. The summed E-state index contributed by atoms with van der Waals surface area (Å²) >= 11 is 0. The summed E-state index contributed by atoms with van der Waals surface area (Å²) in [4.78, 5) is 4.10. The first kappa shape index (κ1) is 9.50. The van der Waals surface area contributed by atoms with Gasteiger partial charge in [0, 0.05) is 31.1 Å². The molecule has 0 unspecified atom stereocenters. The second-order valence-electron chi connectivity index (χ2n) is 3.95. The molecule has 0 bridgehead atoms. The van der Waals surface area contributed by atoms with Crippen LogP contribution in [0.1, 0.15) is 38.5 Å². The van der Waals surface area contributed by atoms with Gasteiger partial charge in [-0.2, -0.15) is 0 Å². The van der Waals surface area contributed by atoms with Gasteiger partial charge >= 0.3 is 0 Å². The first-order valence-electron chi connectivity index (χ1n) is 5.61. The van der Waals surface area contributed by atoms with Crippen LogP contribution >= 0.6 is 0 Å².